The molecule has 0 aliphatic heterocycles. The Hall–Kier alpha value is -3.79. The maximum Gasteiger partial charge on any atom is 0.424 e. The topological polar surface area (TPSA) is 55.4 Å². The number of phenolic OH excluding ortho intramolecular Hbond substituents is 1. The Kier molecular flexibility index (Phi) is 4.45. The van der Waals surface area contributed by atoms with Gasteiger partial charge in [0, 0.05) is 17.3 Å². The molecule has 0 bridgehead atoms. The van der Waals surface area contributed by atoms with E-state index in [-0.39, 0.29) is 5.75 Å². The highest BCUT2D eigenvalue weighted by Crippen LogP contribution is 2.31. The zero-order valence-electron chi connectivity index (χ0n) is 14.4. The molecule has 1 aromatic heterocycles. The molecule has 0 saturated carbocycles. The fourth-order valence-electron chi connectivity index (χ4n) is 2.92. The van der Waals surface area contributed by atoms with Crippen LogP contribution in [0.3, 0.4) is 0 Å². The highest BCUT2D eigenvalue weighted by atomic mass is 16.4. The number of aromatic nitrogens is 1. The van der Waals surface area contributed by atoms with Crippen LogP contribution in [0.4, 0.5) is 0 Å². The number of hydrogen-bond acceptors (Lipinski definition) is 3. The monoisotopic (exact) mass is 355 g/mol. The Morgan fingerprint density at radius 2 is 1.37 bits per heavy atom. The van der Waals surface area contributed by atoms with Crippen LogP contribution < -0.4 is 5.76 Å². The molecule has 4 rings (SSSR count). The maximum absolute atomic E-state index is 12.6. The van der Waals surface area contributed by atoms with Gasteiger partial charge in [-0.3, -0.25) is 0 Å². The first kappa shape index (κ1) is 16.7. The number of hydrogen-bond donors (Lipinski definition) is 1. The van der Waals surface area contributed by atoms with E-state index in [1.165, 1.54) is 4.57 Å². The summed E-state index contributed by atoms with van der Waals surface area (Å²) in [7, 11) is 0. The molecular weight excluding hydrogens is 338 g/mol. The van der Waals surface area contributed by atoms with Crippen molar-refractivity contribution in [3.8, 4) is 28.3 Å². The van der Waals surface area contributed by atoms with Gasteiger partial charge in [0.1, 0.15) is 11.4 Å². The second-order valence-corrected chi connectivity index (χ2v) is 6.06. The highest BCUT2D eigenvalue weighted by Gasteiger charge is 2.18. The molecule has 4 heteroatoms. The molecule has 4 nitrogen and oxygen atoms in total. The Balaban J connectivity index is 1.87. The van der Waals surface area contributed by atoms with E-state index in [2.05, 4.69) is 0 Å². The van der Waals surface area contributed by atoms with Crippen molar-refractivity contribution < 1.29 is 9.52 Å². The summed E-state index contributed by atoms with van der Waals surface area (Å²) in [6, 6.07) is 26.0. The third kappa shape index (κ3) is 3.46. The second-order valence-electron chi connectivity index (χ2n) is 6.06. The molecule has 1 heterocycles. The molecule has 0 saturated heterocycles. The molecule has 132 valence electrons. The number of oxazole rings is 1. The van der Waals surface area contributed by atoms with Crippen LogP contribution in [0.5, 0.6) is 5.75 Å². The lowest BCUT2D eigenvalue weighted by Crippen LogP contribution is -2.09. The van der Waals surface area contributed by atoms with E-state index in [0.29, 0.717) is 11.5 Å². The van der Waals surface area contributed by atoms with Crippen LogP contribution in [0.1, 0.15) is 5.56 Å². The molecule has 0 fully saturated rings. The first-order valence-corrected chi connectivity index (χ1v) is 8.56. The molecule has 0 atom stereocenters. The average molecular weight is 355 g/mol. The van der Waals surface area contributed by atoms with Crippen molar-refractivity contribution in [2.45, 2.75) is 0 Å². The SMILES string of the molecule is O=c1oc(-c2ccccc2)c(-c2ccccc2)n1/C=C/c1ccc(O)cc1. The third-order valence-corrected chi connectivity index (χ3v) is 4.23. The number of benzene rings is 3. The molecular formula is C23H17NO3. The predicted molar refractivity (Wildman–Crippen MR) is 107 cm³/mol. The van der Waals surface area contributed by atoms with Gasteiger partial charge < -0.3 is 9.52 Å². The summed E-state index contributed by atoms with van der Waals surface area (Å²) in [5.41, 5.74) is 3.28. The van der Waals surface area contributed by atoms with E-state index in [1.54, 1.807) is 36.5 Å². The molecule has 1 N–H and O–H groups in total. The summed E-state index contributed by atoms with van der Waals surface area (Å²) in [6.07, 6.45) is 3.49. The predicted octanol–water partition coefficient (Wildman–Crippen LogP) is 5.11. The summed E-state index contributed by atoms with van der Waals surface area (Å²) >= 11 is 0. The molecule has 27 heavy (non-hydrogen) atoms. The summed E-state index contributed by atoms with van der Waals surface area (Å²) < 4.78 is 7.11. The largest absolute Gasteiger partial charge is 0.508 e. The van der Waals surface area contributed by atoms with Gasteiger partial charge in [-0.1, -0.05) is 72.8 Å². The lowest BCUT2D eigenvalue weighted by Gasteiger charge is -2.05. The first-order chi connectivity index (χ1) is 13.2. The van der Waals surface area contributed by atoms with Crippen LogP contribution in [-0.4, -0.2) is 9.67 Å². The van der Waals surface area contributed by atoms with Crippen molar-refractivity contribution in [2.75, 3.05) is 0 Å². The van der Waals surface area contributed by atoms with Crippen LogP contribution >= 0.6 is 0 Å². The fraction of sp³-hybridized carbons (Fsp3) is 0. The van der Waals surface area contributed by atoms with E-state index in [0.717, 1.165) is 16.7 Å². The minimum Gasteiger partial charge on any atom is -0.508 e. The van der Waals surface area contributed by atoms with Gasteiger partial charge in [-0.05, 0) is 23.8 Å². The molecule has 0 unspecified atom stereocenters. The van der Waals surface area contributed by atoms with Crippen molar-refractivity contribution in [3.63, 3.8) is 0 Å². The first-order valence-electron chi connectivity index (χ1n) is 8.56. The molecule has 0 aliphatic rings. The molecule has 0 spiro atoms. The van der Waals surface area contributed by atoms with Gasteiger partial charge in [0.25, 0.3) is 0 Å². The van der Waals surface area contributed by atoms with E-state index in [1.807, 2.05) is 60.7 Å². The number of phenols is 1. The minimum absolute atomic E-state index is 0.198. The van der Waals surface area contributed by atoms with Crippen molar-refractivity contribution in [3.05, 3.63) is 101 Å². The Morgan fingerprint density at radius 3 is 2.00 bits per heavy atom. The van der Waals surface area contributed by atoms with Crippen molar-refractivity contribution in [2.24, 2.45) is 0 Å². The van der Waals surface area contributed by atoms with Gasteiger partial charge in [0.05, 0.1) is 0 Å². The van der Waals surface area contributed by atoms with Crippen LogP contribution in [0.25, 0.3) is 34.9 Å². The van der Waals surface area contributed by atoms with Crippen molar-refractivity contribution in [1.29, 1.82) is 0 Å². The fourth-order valence-corrected chi connectivity index (χ4v) is 2.92. The van der Waals surface area contributed by atoms with Gasteiger partial charge in [0.15, 0.2) is 5.76 Å². The van der Waals surface area contributed by atoms with E-state index in [4.69, 9.17) is 4.42 Å². The molecule has 0 radical (unpaired) electrons. The van der Waals surface area contributed by atoms with Crippen LogP contribution in [0.2, 0.25) is 0 Å². The molecule has 0 aliphatic carbocycles. The summed E-state index contributed by atoms with van der Waals surface area (Å²) in [5, 5.41) is 9.41. The minimum atomic E-state index is -0.456. The summed E-state index contributed by atoms with van der Waals surface area (Å²) in [4.78, 5) is 12.6. The standard InChI is InChI=1S/C23H17NO3/c25-20-13-11-17(12-14-20)15-16-24-21(18-7-3-1-4-8-18)22(27-23(24)26)19-9-5-2-6-10-19/h1-16,25H/b16-15+. The lowest BCUT2D eigenvalue weighted by molar-refractivity contribution is 0.475. The van der Waals surface area contributed by atoms with Gasteiger partial charge in [-0.2, -0.15) is 0 Å². The van der Waals surface area contributed by atoms with Gasteiger partial charge >= 0.3 is 5.76 Å². The van der Waals surface area contributed by atoms with E-state index < -0.39 is 5.76 Å². The quantitative estimate of drug-likeness (QED) is 0.553. The third-order valence-electron chi connectivity index (χ3n) is 4.23. The molecule has 3 aromatic carbocycles. The zero-order valence-corrected chi connectivity index (χ0v) is 14.4. The summed E-state index contributed by atoms with van der Waals surface area (Å²) in [6.45, 7) is 0. The van der Waals surface area contributed by atoms with Crippen LogP contribution in [-0.2, 0) is 0 Å². The van der Waals surface area contributed by atoms with Gasteiger partial charge in [0.2, 0.25) is 0 Å². The maximum atomic E-state index is 12.6. The Bertz CT molecular complexity index is 1120. The second kappa shape index (κ2) is 7.22. The van der Waals surface area contributed by atoms with Crippen molar-refractivity contribution >= 4 is 12.3 Å². The van der Waals surface area contributed by atoms with E-state index >= 15 is 0 Å². The van der Waals surface area contributed by atoms with Gasteiger partial charge in [-0.25, -0.2) is 9.36 Å². The summed E-state index contributed by atoms with van der Waals surface area (Å²) in [5.74, 6) is 0.272. The van der Waals surface area contributed by atoms with E-state index in [9.17, 15) is 9.90 Å². The average Bonchev–Trinajstić information content (AvgIpc) is 3.05. The lowest BCUT2D eigenvalue weighted by atomic mass is 10.1. The zero-order chi connectivity index (χ0) is 18.6. The smallest absolute Gasteiger partial charge is 0.424 e. The Morgan fingerprint density at radius 1 is 0.778 bits per heavy atom. The van der Waals surface area contributed by atoms with Gasteiger partial charge in [-0.15, -0.1) is 0 Å². The van der Waals surface area contributed by atoms with Crippen LogP contribution in [0.15, 0.2) is 94.1 Å². The Labute approximate surface area is 156 Å². The highest BCUT2D eigenvalue weighted by molar-refractivity contribution is 5.79. The van der Waals surface area contributed by atoms with Crippen LogP contribution in [0, 0.1) is 0 Å². The molecule has 4 aromatic rings. The number of rotatable bonds is 4. The molecule has 0 amide bonds. The number of nitrogens with zero attached hydrogens (tertiary/aromatic N) is 1. The van der Waals surface area contributed by atoms with Crippen molar-refractivity contribution in [1.82, 2.24) is 4.57 Å². The number of aromatic hydroxyl groups is 1. The normalized spacial score (nSPS) is 11.1.